The third-order valence-electron chi connectivity index (χ3n) is 2.21. The minimum Gasteiger partial charge on any atom is -0.472 e. The Labute approximate surface area is 77.5 Å². The van der Waals surface area contributed by atoms with E-state index >= 15 is 0 Å². The van der Waals surface area contributed by atoms with Gasteiger partial charge in [0.05, 0.1) is 11.6 Å². The van der Waals surface area contributed by atoms with E-state index < -0.39 is 0 Å². The zero-order valence-electron chi connectivity index (χ0n) is 7.77. The first-order valence-corrected chi connectivity index (χ1v) is 4.42. The van der Waals surface area contributed by atoms with Gasteiger partial charge in [0.1, 0.15) is 6.10 Å². The standard InChI is InChI=1S/C10H12N2O/c1-7-8(2)13-10(12-7)9-4-3-5-11-6-9/h3-8H,1-2H3. The Morgan fingerprint density at radius 1 is 1.38 bits per heavy atom. The van der Waals surface area contributed by atoms with E-state index in [4.69, 9.17) is 4.74 Å². The van der Waals surface area contributed by atoms with Crippen LogP contribution in [0, 0.1) is 0 Å². The van der Waals surface area contributed by atoms with Crippen LogP contribution in [0.2, 0.25) is 0 Å². The summed E-state index contributed by atoms with van der Waals surface area (Å²) < 4.78 is 5.57. The summed E-state index contributed by atoms with van der Waals surface area (Å²) in [5.74, 6) is 0.716. The third-order valence-corrected chi connectivity index (χ3v) is 2.21. The number of hydrogen-bond donors (Lipinski definition) is 0. The number of aromatic nitrogens is 1. The quantitative estimate of drug-likeness (QED) is 0.651. The van der Waals surface area contributed by atoms with Crippen molar-refractivity contribution in [1.82, 2.24) is 4.98 Å². The summed E-state index contributed by atoms with van der Waals surface area (Å²) in [5.41, 5.74) is 0.957. The minimum absolute atomic E-state index is 0.176. The molecule has 1 aromatic rings. The molecule has 2 atom stereocenters. The largest absolute Gasteiger partial charge is 0.472 e. The van der Waals surface area contributed by atoms with Crippen LogP contribution in [-0.2, 0) is 4.74 Å². The van der Waals surface area contributed by atoms with Gasteiger partial charge in [-0.05, 0) is 26.0 Å². The molecule has 0 saturated carbocycles. The number of rotatable bonds is 1. The monoisotopic (exact) mass is 176 g/mol. The molecule has 0 N–H and O–H groups in total. The molecular weight excluding hydrogens is 164 g/mol. The Morgan fingerprint density at radius 2 is 2.23 bits per heavy atom. The maximum Gasteiger partial charge on any atom is 0.218 e. The Bertz CT molecular complexity index is 321. The Hall–Kier alpha value is -1.38. The molecule has 1 aliphatic rings. The summed E-state index contributed by atoms with van der Waals surface area (Å²) in [6, 6.07) is 4.08. The molecule has 0 fully saturated rings. The molecule has 0 aromatic carbocycles. The molecule has 0 spiro atoms. The van der Waals surface area contributed by atoms with Crippen molar-refractivity contribution in [3.8, 4) is 0 Å². The van der Waals surface area contributed by atoms with Gasteiger partial charge in [0.2, 0.25) is 5.90 Å². The number of pyridine rings is 1. The van der Waals surface area contributed by atoms with Gasteiger partial charge >= 0.3 is 0 Å². The van der Waals surface area contributed by atoms with Gasteiger partial charge in [0.15, 0.2) is 0 Å². The fourth-order valence-corrected chi connectivity index (χ4v) is 1.23. The second-order valence-corrected chi connectivity index (χ2v) is 3.24. The average Bonchev–Trinajstić information content (AvgIpc) is 2.49. The van der Waals surface area contributed by atoms with Gasteiger partial charge in [-0.2, -0.15) is 0 Å². The van der Waals surface area contributed by atoms with Crippen molar-refractivity contribution >= 4 is 5.90 Å². The summed E-state index contributed by atoms with van der Waals surface area (Å²) in [5, 5.41) is 0. The van der Waals surface area contributed by atoms with E-state index in [0.717, 1.165) is 5.56 Å². The second-order valence-electron chi connectivity index (χ2n) is 3.24. The van der Waals surface area contributed by atoms with E-state index in [9.17, 15) is 0 Å². The molecule has 0 radical (unpaired) electrons. The number of ether oxygens (including phenoxy) is 1. The normalized spacial score (nSPS) is 26.8. The van der Waals surface area contributed by atoms with Crippen molar-refractivity contribution in [2.45, 2.75) is 26.0 Å². The van der Waals surface area contributed by atoms with Gasteiger partial charge in [0.25, 0.3) is 0 Å². The summed E-state index contributed by atoms with van der Waals surface area (Å²) in [6.45, 7) is 4.07. The van der Waals surface area contributed by atoms with Crippen LogP contribution in [0.4, 0.5) is 0 Å². The molecular formula is C10H12N2O. The molecule has 13 heavy (non-hydrogen) atoms. The molecule has 1 aliphatic heterocycles. The molecule has 0 aliphatic carbocycles. The van der Waals surface area contributed by atoms with Crippen LogP contribution >= 0.6 is 0 Å². The molecule has 2 heterocycles. The topological polar surface area (TPSA) is 34.5 Å². The second kappa shape index (κ2) is 3.17. The van der Waals surface area contributed by atoms with Crippen molar-refractivity contribution in [3.63, 3.8) is 0 Å². The SMILES string of the molecule is CC1N=C(c2cccnc2)OC1C. The Balaban J connectivity index is 2.25. The van der Waals surface area contributed by atoms with Gasteiger partial charge in [0, 0.05) is 12.4 Å². The van der Waals surface area contributed by atoms with Crippen LogP contribution in [-0.4, -0.2) is 23.0 Å². The van der Waals surface area contributed by atoms with Crippen molar-refractivity contribution < 1.29 is 4.74 Å². The van der Waals surface area contributed by atoms with E-state index in [1.54, 1.807) is 12.4 Å². The summed E-state index contributed by atoms with van der Waals surface area (Å²) in [6.07, 6.45) is 3.69. The molecule has 2 unspecified atom stereocenters. The highest BCUT2D eigenvalue weighted by molar-refractivity contribution is 5.94. The summed E-state index contributed by atoms with van der Waals surface area (Å²) >= 11 is 0. The van der Waals surface area contributed by atoms with Crippen molar-refractivity contribution in [2.24, 2.45) is 4.99 Å². The third kappa shape index (κ3) is 1.54. The molecule has 0 amide bonds. The van der Waals surface area contributed by atoms with Crippen molar-refractivity contribution in [2.75, 3.05) is 0 Å². The molecule has 3 heteroatoms. The van der Waals surface area contributed by atoms with E-state index in [0.29, 0.717) is 5.90 Å². The lowest BCUT2D eigenvalue weighted by atomic mass is 10.2. The van der Waals surface area contributed by atoms with E-state index in [1.807, 2.05) is 26.0 Å². The van der Waals surface area contributed by atoms with Gasteiger partial charge in [-0.15, -0.1) is 0 Å². The van der Waals surface area contributed by atoms with E-state index in [1.165, 1.54) is 0 Å². The van der Waals surface area contributed by atoms with Crippen LogP contribution in [0.25, 0.3) is 0 Å². The highest BCUT2D eigenvalue weighted by Gasteiger charge is 2.23. The van der Waals surface area contributed by atoms with E-state index in [-0.39, 0.29) is 12.1 Å². The predicted molar refractivity (Wildman–Crippen MR) is 50.8 cm³/mol. The molecule has 0 bridgehead atoms. The molecule has 68 valence electrons. The minimum atomic E-state index is 0.176. The molecule has 0 saturated heterocycles. The maximum absolute atomic E-state index is 5.57. The first kappa shape index (κ1) is 8.23. The first-order chi connectivity index (χ1) is 6.27. The van der Waals surface area contributed by atoms with Gasteiger partial charge in [-0.25, -0.2) is 4.99 Å². The average molecular weight is 176 g/mol. The predicted octanol–water partition coefficient (Wildman–Crippen LogP) is 1.64. The fourth-order valence-electron chi connectivity index (χ4n) is 1.23. The van der Waals surface area contributed by atoms with Crippen LogP contribution in [0.3, 0.4) is 0 Å². The van der Waals surface area contributed by atoms with E-state index in [2.05, 4.69) is 9.98 Å². The zero-order chi connectivity index (χ0) is 9.26. The highest BCUT2D eigenvalue weighted by Crippen LogP contribution is 2.16. The fraction of sp³-hybridized carbons (Fsp3) is 0.400. The highest BCUT2D eigenvalue weighted by atomic mass is 16.5. The lowest BCUT2D eigenvalue weighted by molar-refractivity contribution is 0.219. The molecule has 3 nitrogen and oxygen atoms in total. The van der Waals surface area contributed by atoms with Crippen molar-refractivity contribution in [1.29, 1.82) is 0 Å². The molecule has 2 rings (SSSR count). The number of aliphatic imine (C=N–C) groups is 1. The van der Waals surface area contributed by atoms with Gasteiger partial charge < -0.3 is 4.74 Å². The van der Waals surface area contributed by atoms with Gasteiger partial charge in [-0.1, -0.05) is 0 Å². The number of hydrogen-bond acceptors (Lipinski definition) is 3. The smallest absolute Gasteiger partial charge is 0.218 e. The maximum atomic E-state index is 5.57. The lowest BCUT2D eigenvalue weighted by Gasteiger charge is -2.07. The summed E-state index contributed by atoms with van der Waals surface area (Å²) in [4.78, 5) is 8.41. The first-order valence-electron chi connectivity index (χ1n) is 4.42. The summed E-state index contributed by atoms with van der Waals surface area (Å²) in [7, 11) is 0. The Kier molecular flexibility index (Phi) is 2.00. The van der Waals surface area contributed by atoms with Crippen LogP contribution < -0.4 is 0 Å². The number of nitrogens with zero attached hydrogens (tertiary/aromatic N) is 2. The molecule has 1 aromatic heterocycles. The van der Waals surface area contributed by atoms with Crippen molar-refractivity contribution in [3.05, 3.63) is 30.1 Å². The Morgan fingerprint density at radius 3 is 2.77 bits per heavy atom. The lowest BCUT2D eigenvalue weighted by Crippen LogP contribution is -2.14. The van der Waals surface area contributed by atoms with Gasteiger partial charge in [-0.3, -0.25) is 4.98 Å². The van der Waals surface area contributed by atoms with Crippen LogP contribution in [0.5, 0.6) is 0 Å². The van der Waals surface area contributed by atoms with Crippen LogP contribution in [0.1, 0.15) is 19.4 Å². The zero-order valence-corrected chi connectivity index (χ0v) is 7.77. The van der Waals surface area contributed by atoms with Crippen LogP contribution in [0.15, 0.2) is 29.5 Å².